The zero-order valence-corrected chi connectivity index (χ0v) is 14.4. The quantitative estimate of drug-likeness (QED) is 0.292. The van der Waals surface area contributed by atoms with Gasteiger partial charge in [-0.2, -0.15) is 0 Å². The first-order chi connectivity index (χ1) is 12.6. The van der Waals surface area contributed by atoms with Crippen LogP contribution in [0.25, 0.3) is 11.4 Å². The molecule has 1 heterocycles. The molecule has 1 aromatic carbocycles. The molecule has 1 aromatic heterocycles. The SMILES string of the molecule is O=[N+]([O-])c1cccc(-c2n(O)c3c([n+]2[O-])[C@@H]2CCC[C@H]4CCC[C@@H]3[C@@H]42)c1. The minimum Gasteiger partial charge on any atom is -0.710 e. The Balaban J connectivity index is 1.67. The fourth-order valence-corrected chi connectivity index (χ4v) is 5.90. The minimum absolute atomic E-state index is 0.0860. The number of nitrogens with zero attached hydrogens (tertiary/aromatic N) is 3. The molecule has 1 N–H and O–H groups in total. The summed E-state index contributed by atoms with van der Waals surface area (Å²) in [4.78, 5) is 10.6. The second kappa shape index (κ2) is 5.46. The Morgan fingerprint density at radius 3 is 2.62 bits per heavy atom. The van der Waals surface area contributed by atoms with Crippen LogP contribution in [0.1, 0.15) is 61.7 Å². The molecule has 3 aliphatic rings. The van der Waals surface area contributed by atoms with Gasteiger partial charge in [-0.3, -0.25) is 10.1 Å². The molecule has 0 radical (unpaired) electrons. The number of hydrogen-bond donors (Lipinski definition) is 1. The van der Waals surface area contributed by atoms with Crippen LogP contribution in [0.4, 0.5) is 5.69 Å². The Kier molecular flexibility index (Phi) is 3.29. The number of benzene rings is 1. The van der Waals surface area contributed by atoms with E-state index in [-0.39, 0.29) is 23.3 Å². The number of fused-ring (bicyclic) bond motifs is 3. The third kappa shape index (κ3) is 1.97. The van der Waals surface area contributed by atoms with Crippen molar-refractivity contribution >= 4 is 5.69 Å². The predicted molar refractivity (Wildman–Crippen MR) is 92.8 cm³/mol. The number of nitro benzene ring substituents is 1. The highest BCUT2D eigenvalue weighted by molar-refractivity contribution is 5.58. The fraction of sp³-hybridized carbons (Fsp3) is 0.526. The topological polar surface area (TPSA) is 95.2 Å². The summed E-state index contributed by atoms with van der Waals surface area (Å²) in [5, 5.41) is 35.1. The molecule has 5 rings (SSSR count). The lowest BCUT2D eigenvalue weighted by Gasteiger charge is -2.40. The molecular formula is C19H21N3O4. The number of non-ortho nitro benzene ring substituents is 1. The van der Waals surface area contributed by atoms with Crippen molar-refractivity contribution in [2.75, 3.05) is 0 Å². The maximum Gasteiger partial charge on any atom is 0.331 e. The van der Waals surface area contributed by atoms with E-state index < -0.39 is 4.92 Å². The number of hydrogen-bond acceptors (Lipinski definition) is 4. The van der Waals surface area contributed by atoms with E-state index in [0.29, 0.717) is 23.1 Å². The van der Waals surface area contributed by atoms with Gasteiger partial charge >= 0.3 is 5.82 Å². The molecule has 3 aliphatic carbocycles. The van der Waals surface area contributed by atoms with Crippen LogP contribution in [-0.2, 0) is 0 Å². The molecule has 0 amide bonds. The molecular weight excluding hydrogens is 334 g/mol. The van der Waals surface area contributed by atoms with Crippen molar-refractivity contribution < 1.29 is 14.9 Å². The van der Waals surface area contributed by atoms with Gasteiger partial charge in [0.1, 0.15) is 0 Å². The molecule has 7 nitrogen and oxygen atoms in total. The Bertz CT molecular complexity index is 865. The number of nitro groups is 1. The maximum absolute atomic E-state index is 13.2. The van der Waals surface area contributed by atoms with E-state index in [0.717, 1.165) is 40.8 Å². The summed E-state index contributed by atoms with van der Waals surface area (Å²) < 4.78 is 1.88. The Morgan fingerprint density at radius 1 is 1.15 bits per heavy atom. The first kappa shape index (κ1) is 15.7. The van der Waals surface area contributed by atoms with Gasteiger partial charge in [0, 0.05) is 24.0 Å². The first-order valence-electron chi connectivity index (χ1n) is 9.40. The smallest absolute Gasteiger partial charge is 0.331 e. The van der Waals surface area contributed by atoms with Gasteiger partial charge in [0.05, 0.1) is 10.5 Å². The second-order valence-corrected chi connectivity index (χ2v) is 7.92. The Labute approximate surface area is 150 Å². The van der Waals surface area contributed by atoms with Crippen LogP contribution in [0.15, 0.2) is 24.3 Å². The molecule has 0 spiro atoms. The fourth-order valence-electron chi connectivity index (χ4n) is 5.90. The highest BCUT2D eigenvalue weighted by Crippen LogP contribution is 2.59. The van der Waals surface area contributed by atoms with Crippen LogP contribution in [-0.4, -0.2) is 14.9 Å². The van der Waals surface area contributed by atoms with Crippen LogP contribution >= 0.6 is 0 Å². The number of rotatable bonds is 2. The summed E-state index contributed by atoms with van der Waals surface area (Å²) in [5.74, 6) is 1.66. The van der Waals surface area contributed by atoms with Crippen molar-refractivity contribution in [1.29, 1.82) is 0 Å². The van der Waals surface area contributed by atoms with Gasteiger partial charge < -0.3 is 10.4 Å². The largest absolute Gasteiger partial charge is 0.710 e. The third-order valence-corrected chi connectivity index (χ3v) is 6.77. The second-order valence-electron chi connectivity index (χ2n) is 7.92. The van der Waals surface area contributed by atoms with Gasteiger partial charge in [-0.15, -0.1) is 0 Å². The van der Waals surface area contributed by atoms with Crippen molar-refractivity contribution in [1.82, 2.24) is 4.73 Å². The summed E-state index contributed by atoms with van der Waals surface area (Å²) in [5.41, 5.74) is 1.75. The lowest BCUT2D eigenvalue weighted by Crippen LogP contribution is -2.37. The molecule has 4 atom stereocenters. The highest BCUT2D eigenvalue weighted by Gasteiger charge is 2.55. The predicted octanol–water partition coefficient (Wildman–Crippen LogP) is 3.72. The van der Waals surface area contributed by atoms with Crippen LogP contribution in [0, 0.1) is 27.2 Å². The molecule has 2 aromatic rings. The van der Waals surface area contributed by atoms with Gasteiger partial charge in [0.15, 0.2) is 11.4 Å². The zero-order valence-electron chi connectivity index (χ0n) is 14.4. The van der Waals surface area contributed by atoms with E-state index in [4.69, 9.17) is 0 Å². The van der Waals surface area contributed by atoms with Gasteiger partial charge in [-0.05, 0) is 35.5 Å². The van der Waals surface area contributed by atoms with E-state index >= 15 is 0 Å². The first-order valence-corrected chi connectivity index (χ1v) is 9.40. The van der Waals surface area contributed by atoms with Gasteiger partial charge in [-0.1, -0.05) is 31.7 Å². The zero-order chi connectivity index (χ0) is 18.0. The molecule has 7 heteroatoms. The van der Waals surface area contributed by atoms with E-state index in [1.165, 1.54) is 25.0 Å². The van der Waals surface area contributed by atoms with Crippen molar-refractivity contribution in [2.24, 2.45) is 11.8 Å². The molecule has 2 saturated carbocycles. The molecule has 0 aliphatic heterocycles. The van der Waals surface area contributed by atoms with E-state index in [2.05, 4.69) is 0 Å². The molecule has 136 valence electrons. The lowest BCUT2D eigenvalue weighted by molar-refractivity contribution is -0.604. The van der Waals surface area contributed by atoms with E-state index in [1.807, 2.05) is 0 Å². The van der Waals surface area contributed by atoms with Gasteiger partial charge in [-0.25, -0.2) is 4.73 Å². The summed E-state index contributed by atoms with van der Waals surface area (Å²) in [6.07, 6.45) is 6.71. The van der Waals surface area contributed by atoms with Crippen molar-refractivity contribution in [2.45, 2.75) is 50.4 Å². The van der Waals surface area contributed by atoms with Crippen molar-refractivity contribution in [3.8, 4) is 11.4 Å². The average Bonchev–Trinajstić information content (AvgIpc) is 3.11. The maximum atomic E-state index is 13.2. The molecule has 0 saturated heterocycles. The van der Waals surface area contributed by atoms with Crippen LogP contribution < -0.4 is 4.73 Å². The van der Waals surface area contributed by atoms with Crippen molar-refractivity contribution in [3.63, 3.8) is 0 Å². The normalized spacial score (nSPS) is 29.2. The summed E-state index contributed by atoms with van der Waals surface area (Å²) in [7, 11) is 0. The summed E-state index contributed by atoms with van der Waals surface area (Å²) in [6.45, 7) is 0. The molecule has 0 unspecified atom stereocenters. The minimum atomic E-state index is -0.486. The lowest BCUT2D eigenvalue weighted by atomic mass is 9.64. The van der Waals surface area contributed by atoms with E-state index in [9.17, 15) is 20.5 Å². The van der Waals surface area contributed by atoms with Crippen LogP contribution in [0.5, 0.6) is 0 Å². The Hall–Kier alpha value is -2.57. The standard InChI is InChI=1S/C19H21N3O4/c23-20-17-14-8-2-4-11-5-3-9-15(16(11)14)18(17)21(24)19(20)12-6-1-7-13(10-12)22(25)26/h1,6-7,10-11,14-16,23H,2-5,8-9H2/t11-,14-,15-,16-/m1/s1. The van der Waals surface area contributed by atoms with Gasteiger partial charge in [0.25, 0.3) is 5.69 Å². The van der Waals surface area contributed by atoms with Gasteiger partial charge in [0.2, 0.25) is 0 Å². The van der Waals surface area contributed by atoms with E-state index in [1.54, 1.807) is 12.1 Å². The number of imidazole rings is 1. The highest BCUT2D eigenvalue weighted by atomic mass is 16.6. The summed E-state index contributed by atoms with van der Waals surface area (Å²) in [6, 6.07) is 5.93. The van der Waals surface area contributed by atoms with Crippen LogP contribution in [0.2, 0.25) is 0 Å². The monoisotopic (exact) mass is 355 g/mol. The van der Waals surface area contributed by atoms with Crippen LogP contribution in [0.3, 0.4) is 0 Å². The van der Waals surface area contributed by atoms with Crippen molar-refractivity contribution in [3.05, 3.63) is 51.0 Å². The average molecular weight is 355 g/mol. The molecule has 0 bridgehead atoms. The Morgan fingerprint density at radius 2 is 1.88 bits per heavy atom. The third-order valence-electron chi connectivity index (χ3n) is 6.77. The molecule has 2 fully saturated rings. The number of aromatic nitrogens is 2. The summed E-state index contributed by atoms with van der Waals surface area (Å²) >= 11 is 0. The molecule has 26 heavy (non-hydrogen) atoms.